The van der Waals surface area contributed by atoms with Crippen molar-refractivity contribution in [3.05, 3.63) is 64.4 Å². The standard InChI is InChI=1S/C16H17BrFNO2S/c1-12(15-4-2-3-5-16(15)18)19-10-11-22(20,21)14-8-6-13(17)7-9-14/h2-9,12,19H,10-11H2,1H3. The molecule has 2 aromatic carbocycles. The molecule has 0 aliphatic rings. The van der Waals surface area contributed by atoms with Gasteiger partial charge in [-0.25, -0.2) is 12.8 Å². The molecule has 118 valence electrons. The van der Waals surface area contributed by atoms with Gasteiger partial charge in [-0.1, -0.05) is 34.1 Å². The van der Waals surface area contributed by atoms with Crippen molar-refractivity contribution in [3.63, 3.8) is 0 Å². The third-order valence-corrected chi connectivity index (χ3v) is 5.63. The highest BCUT2D eigenvalue weighted by atomic mass is 79.9. The topological polar surface area (TPSA) is 46.2 Å². The molecule has 2 rings (SSSR count). The van der Waals surface area contributed by atoms with Crippen molar-refractivity contribution in [1.29, 1.82) is 0 Å². The van der Waals surface area contributed by atoms with Crippen LogP contribution in [-0.2, 0) is 9.84 Å². The van der Waals surface area contributed by atoms with E-state index < -0.39 is 9.84 Å². The summed E-state index contributed by atoms with van der Waals surface area (Å²) >= 11 is 3.27. The molecule has 0 saturated carbocycles. The van der Waals surface area contributed by atoms with Crippen molar-refractivity contribution in [2.24, 2.45) is 0 Å². The van der Waals surface area contributed by atoms with Crippen LogP contribution in [0.2, 0.25) is 0 Å². The summed E-state index contributed by atoms with van der Waals surface area (Å²) < 4.78 is 38.9. The Kier molecular flexibility index (Phi) is 5.72. The van der Waals surface area contributed by atoms with E-state index >= 15 is 0 Å². The van der Waals surface area contributed by atoms with Gasteiger partial charge >= 0.3 is 0 Å². The van der Waals surface area contributed by atoms with Gasteiger partial charge in [0.2, 0.25) is 0 Å². The van der Waals surface area contributed by atoms with E-state index in [4.69, 9.17) is 0 Å². The fraction of sp³-hybridized carbons (Fsp3) is 0.250. The molecule has 0 heterocycles. The first-order valence-corrected chi connectivity index (χ1v) is 9.31. The van der Waals surface area contributed by atoms with E-state index in [0.717, 1.165) is 4.47 Å². The van der Waals surface area contributed by atoms with Crippen LogP contribution in [0.15, 0.2) is 57.9 Å². The zero-order chi connectivity index (χ0) is 16.2. The Hall–Kier alpha value is -1.24. The highest BCUT2D eigenvalue weighted by Gasteiger charge is 2.15. The number of benzene rings is 2. The lowest BCUT2D eigenvalue weighted by Crippen LogP contribution is -2.26. The Bertz CT molecular complexity index is 732. The van der Waals surface area contributed by atoms with Gasteiger partial charge in [-0.15, -0.1) is 0 Å². The van der Waals surface area contributed by atoms with Crippen LogP contribution in [0.5, 0.6) is 0 Å². The molecule has 0 radical (unpaired) electrons. The van der Waals surface area contributed by atoms with Crippen LogP contribution in [0.4, 0.5) is 4.39 Å². The van der Waals surface area contributed by atoms with Gasteiger partial charge in [0, 0.05) is 22.6 Å². The maximum atomic E-state index is 13.6. The van der Waals surface area contributed by atoms with Gasteiger partial charge in [0.05, 0.1) is 10.6 Å². The second kappa shape index (κ2) is 7.35. The van der Waals surface area contributed by atoms with Crippen molar-refractivity contribution in [3.8, 4) is 0 Å². The SMILES string of the molecule is CC(NCCS(=O)(=O)c1ccc(Br)cc1)c1ccccc1F. The smallest absolute Gasteiger partial charge is 0.179 e. The van der Waals surface area contributed by atoms with Gasteiger partial charge in [-0.2, -0.15) is 0 Å². The molecule has 0 amide bonds. The van der Waals surface area contributed by atoms with Gasteiger partial charge in [0.15, 0.2) is 9.84 Å². The lowest BCUT2D eigenvalue weighted by molar-refractivity contribution is 0.537. The summed E-state index contributed by atoms with van der Waals surface area (Å²) in [6.45, 7) is 2.07. The van der Waals surface area contributed by atoms with Crippen molar-refractivity contribution < 1.29 is 12.8 Å². The second-order valence-corrected chi connectivity index (χ2v) is 7.99. The monoisotopic (exact) mass is 385 g/mol. The molecule has 0 spiro atoms. The summed E-state index contributed by atoms with van der Waals surface area (Å²) in [5.41, 5.74) is 0.531. The molecule has 1 N–H and O–H groups in total. The van der Waals surface area contributed by atoms with E-state index in [-0.39, 0.29) is 29.1 Å². The highest BCUT2D eigenvalue weighted by molar-refractivity contribution is 9.10. The number of halogens is 2. The Morgan fingerprint density at radius 3 is 2.41 bits per heavy atom. The average Bonchev–Trinajstić information content (AvgIpc) is 2.48. The fourth-order valence-corrected chi connectivity index (χ4v) is 3.54. The molecule has 1 unspecified atom stereocenters. The number of hydrogen-bond acceptors (Lipinski definition) is 3. The van der Waals surface area contributed by atoms with Crippen molar-refractivity contribution in [1.82, 2.24) is 5.32 Å². The van der Waals surface area contributed by atoms with E-state index in [1.165, 1.54) is 6.07 Å². The van der Waals surface area contributed by atoms with Gasteiger partial charge in [-0.05, 0) is 37.3 Å². The molecular formula is C16H17BrFNO2S. The molecule has 1 atom stereocenters. The molecule has 0 aromatic heterocycles. The minimum absolute atomic E-state index is 0.0343. The van der Waals surface area contributed by atoms with Crippen LogP contribution in [0, 0.1) is 5.82 Å². The summed E-state index contributed by atoms with van der Waals surface area (Å²) in [5, 5.41) is 3.05. The number of rotatable bonds is 6. The quantitative estimate of drug-likeness (QED) is 0.823. The number of sulfone groups is 1. The van der Waals surface area contributed by atoms with Crippen molar-refractivity contribution >= 4 is 25.8 Å². The van der Waals surface area contributed by atoms with E-state index in [0.29, 0.717) is 5.56 Å². The van der Waals surface area contributed by atoms with Crippen LogP contribution < -0.4 is 5.32 Å². The van der Waals surface area contributed by atoms with Crippen LogP contribution in [0.25, 0.3) is 0 Å². The first-order valence-electron chi connectivity index (χ1n) is 6.86. The zero-order valence-electron chi connectivity index (χ0n) is 12.1. The van der Waals surface area contributed by atoms with Gasteiger partial charge in [-0.3, -0.25) is 0 Å². The summed E-state index contributed by atoms with van der Waals surface area (Å²) in [7, 11) is -3.34. The third-order valence-electron chi connectivity index (χ3n) is 3.37. The number of hydrogen-bond donors (Lipinski definition) is 1. The minimum Gasteiger partial charge on any atom is -0.309 e. The van der Waals surface area contributed by atoms with Crippen LogP contribution in [0.1, 0.15) is 18.5 Å². The maximum Gasteiger partial charge on any atom is 0.179 e. The summed E-state index contributed by atoms with van der Waals surface area (Å²) in [6, 6.07) is 12.8. The van der Waals surface area contributed by atoms with Gasteiger partial charge in [0.25, 0.3) is 0 Å². The van der Waals surface area contributed by atoms with E-state index in [1.54, 1.807) is 42.5 Å². The minimum atomic E-state index is -3.34. The lowest BCUT2D eigenvalue weighted by Gasteiger charge is -2.15. The Morgan fingerprint density at radius 2 is 1.77 bits per heavy atom. The Labute approximate surface area is 138 Å². The zero-order valence-corrected chi connectivity index (χ0v) is 14.5. The van der Waals surface area contributed by atoms with Gasteiger partial charge in [0.1, 0.15) is 5.82 Å². The van der Waals surface area contributed by atoms with Crippen LogP contribution >= 0.6 is 15.9 Å². The first kappa shape index (κ1) is 17.1. The lowest BCUT2D eigenvalue weighted by atomic mass is 10.1. The molecule has 3 nitrogen and oxygen atoms in total. The molecule has 0 bridgehead atoms. The Morgan fingerprint density at radius 1 is 1.14 bits per heavy atom. The normalized spacial score (nSPS) is 13.0. The molecular weight excluding hydrogens is 369 g/mol. The molecule has 6 heteroatoms. The van der Waals surface area contributed by atoms with E-state index in [1.807, 2.05) is 6.92 Å². The predicted molar refractivity (Wildman–Crippen MR) is 89.0 cm³/mol. The fourth-order valence-electron chi connectivity index (χ4n) is 2.11. The molecule has 0 aliphatic carbocycles. The van der Waals surface area contributed by atoms with Gasteiger partial charge < -0.3 is 5.32 Å². The second-order valence-electron chi connectivity index (χ2n) is 4.97. The summed E-state index contributed by atoms with van der Waals surface area (Å²) in [5.74, 6) is -0.328. The number of nitrogens with one attached hydrogen (secondary N) is 1. The molecule has 0 fully saturated rings. The third kappa shape index (κ3) is 4.38. The summed E-state index contributed by atoms with van der Waals surface area (Å²) in [6.07, 6.45) is 0. The molecule has 22 heavy (non-hydrogen) atoms. The molecule has 0 saturated heterocycles. The van der Waals surface area contributed by atoms with E-state index in [2.05, 4.69) is 21.2 Å². The molecule has 0 aliphatic heterocycles. The van der Waals surface area contributed by atoms with Crippen molar-refractivity contribution in [2.45, 2.75) is 17.9 Å². The van der Waals surface area contributed by atoms with Crippen LogP contribution in [0.3, 0.4) is 0 Å². The first-order chi connectivity index (χ1) is 10.4. The predicted octanol–water partition coefficient (Wildman–Crippen LogP) is 3.71. The summed E-state index contributed by atoms with van der Waals surface area (Å²) in [4.78, 5) is 0.288. The largest absolute Gasteiger partial charge is 0.309 e. The Balaban J connectivity index is 1.95. The highest BCUT2D eigenvalue weighted by Crippen LogP contribution is 2.17. The maximum absolute atomic E-state index is 13.6. The van der Waals surface area contributed by atoms with Crippen LogP contribution in [-0.4, -0.2) is 20.7 Å². The average molecular weight is 386 g/mol. The molecule has 2 aromatic rings. The van der Waals surface area contributed by atoms with Crippen molar-refractivity contribution in [2.75, 3.05) is 12.3 Å². The van der Waals surface area contributed by atoms with E-state index in [9.17, 15) is 12.8 Å².